The summed E-state index contributed by atoms with van der Waals surface area (Å²) in [7, 11) is 0. The van der Waals surface area contributed by atoms with E-state index in [1.807, 2.05) is 35.6 Å². The van der Waals surface area contributed by atoms with Gasteiger partial charge in [0, 0.05) is 16.1 Å². The largest absolute Gasteiger partial charge is 0.394 e. The Morgan fingerprint density at radius 2 is 2.23 bits per heavy atom. The summed E-state index contributed by atoms with van der Waals surface area (Å²) in [5.41, 5.74) is 1.52. The molecule has 11 nitrogen and oxygen atoms in total. The third kappa shape index (κ3) is 3.82. The molecule has 3 aromatic rings. The second kappa shape index (κ2) is 8.37. The lowest BCUT2D eigenvalue weighted by atomic mass is 10.1. The van der Waals surface area contributed by atoms with Crippen LogP contribution >= 0.6 is 22.6 Å². The Labute approximate surface area is 184 Å². The Bertz CT molecular complexity index is 1090. The van der Waals surface area contributed by atoms with E-state index < -0.39 is 29.4 Å². The summed E-state index contributed by atoms with van der Waals surface area (Å²) >= 11 is 2.04. The van der Waals surface area contributed by atoms with Gasteiger partial charge in [-0.05, 0) is 41.6 Å². The second-order valence-corrected chi connectivity index (χ2v) is 8.23. The predicted octanol–water partition coefficient (Wildman–Crippen LogP) is 2.15. The molecule has 0 spiro atoms. The van der Waals surface area contributed by atoms with Gasteiger partial charge in [-0.1, -0.05) is 0 Å². The van der Waals surface area contributed by atoms with Gasteiger partial charge in [0.2, 0.25) is 0 Å². The molecule has 3 N–H and O–H groups in total. The number of fused-ring (bicyclic) bond motifs is 1. The number of benzene rings is 1. The molecule has 1 aromatic carbocycles. The first-order chi connectivity index (χ1) is 14.4. The monoisotopic (exact) mass is 526 g/mol. The number of aliphatic hydroxyl groups excluding tert-OH is 2. The highest BCUT2D eigenvalue weighted by molar-refractivity contribution is 14.1. The van der Waals surface area contributed by atoms with Gasteiger partial charge in [0.25, 0.3) is 5.69 Å². The smallest absolute Gasteiger partial charge is 0.275 e. The molecular formula is C18H19IN6O5. The standard InChI is InChI=1S/C18H19IN6O5/c1-9(11-3-2-10(19)4-12(11)25(28)29)23-17-16-18(21-7-20-17)24(8-22-16)15-5-13(27)14(6-26)30-15/h2-4,7-9,13-15,26-27H,5-6H2,1H3,(H,20,21,23)/t9?,13?,14-,15-/m1/s1. The topological polar surface area (TPSA) is 148 Å². The zero-order valence-corrected chi connectivity index (χ0v) is 18.0. The molecule has 1 saturated heterocycles. The molecule has 12 heteroatoms. The Balaban J connectivity index is 1.64. The van der Waals surface area contributed by atoms with E-state index in [1.165, 1.54) is 12.4 Å². The number of nitro groups is 1. The zero-order valence-electron chi connectivity index (χ0n) is 15.8. The lowest BCUT2D eigenvalue weighted by Gasteiger charge is -2.16. The van der Waals surface area contributed by atoms with E-state index in [4.69, 9.17) is 4.74 Å². The van der Waals surface area contributed by atoms with Crippen molar-refractivity contribution in [1.82, 2.24) is 19.5 Å². The highest BCUT2D eigenvalue weighted by Crippen LogP contribution is 2.33. The van der Waals surface area contributed by atoms with Crippen molar-refractivity contribution in [1.29, 1.82) is 0 Å². The van der Waals surface area contributed by atoms with Crippen LogP contribution in [0.2, 0.25) is 0 Å². The summed E-state index contributed by atoms with van der Waals surface area (Å²) in [6.07, 6.45) is 1.26. The van der Waals surface area contributed by atoms with E-state index in [2.05, 4.69) is 20.3 Å². The molecule has 4 rings (SSSR count). The minimum Gasteiger partial charge on any atom is -0.394 e. The van der Waals surface area contributed by atoms with Gasteiger partial charge in [0.05, 0.1) is 35.6 Å². The lowest BCUT2D eigenvalue weighted by Crippen LogP contribution is -2.24. The normalized spacial score (nSPS) is 22.3. The number of hydrogen-bond acceptors (Lipinski definition) is 9. The molecule has 158 valence electrons. The van der Waals surface area contributed by atoms with Crippen LogP contribution in [-0.4, -0.2) is 53.5 Å². The van der Waals surface area contributed by atoms with Crippen molar-refractivity contribution in [3.05, 3.63) is 50.1 Å². The van der Waals surface area contributed by atoms with E-state index in [0.717, 1.165) is 3.57 Å². The van der Waals surface area contributed by atoms with E-state index in [-0.39, 0.29) is 12.3 Å². The van der Waals surface area contributed by atoms with Crippen molar-refractivity contribution < 1.29 is 19.9 Å². The maximum absolute atomic E-state index is 11.5. The minimum absolute atomic E-state index is 0.0288. The van der Waals surface area contributed by atoms with Gasteiger partial charge in [0.15, 0.2) is 17.0 Å². The summed E-state index contributed by atoms with van der Waals surface area (Å²) in [5, 5.41) is 33.9. The molecule has 2 unspecified atom stereocenters. The molecule has 3 heterocycles. The van der Waals surface area contributed by atoms with Crippen molar-refractivity contribution in [2.45, 2.75) is 37.8 Å². The predicted molar refractivity (Wildman–Crippen MR) is 115 cm³/mol. The second-order valence-electron chi connectivity index (χ2n) is 6.99. The Kier molecular flexibility index (Phi) is 5.81. The van der Waals surface area contributed by atoms with Crippen LogP contribution in [0, 0.1) is 13.7 Å². The van der Waals surface area contributed by atoms with Gasteiger partial charge in [-0.3, -0.25) is 14.7 Å². The maximum atomic E-state index is 11.5. The Morgan fingerprint density at radius 3 is 2.93 bits per heavy atom. The number of nitro benzene ring substituents is 1. The molecule has 2 aromatic heterocycles. The summed E-state index contributed by atoms with van der Waals surface area (Å²) in [6.45, 7) is 1.53. The number of nitrogens with one attached hydrogen (secondary N) is 1. The third-order valence-corrected chi connectivity index (χ3v) is 5.73. The number of aromatic nitrogens is 4. The summed E-state index contributed by atoms with van der Waals surface area (Å²) in [4.78, 5) is 24.0. The van der Waals surface area contributed by atoms with Gasteiger partial charge >= 0.3 is 0 Å². The highest BCUT2D eigenvalue weighted by atomic mass is 127. The first-order valence-electron chi connectivity index (χ1n) is 9.21. The third-order valence-electron chi connectivity index (χ3n) is 5.06. The van der Waals surface area contributed by atoms with E-state index >= 15 is 0 Å². The molecule has 0 aliphatic carbocycles. The van der Waals surface area contributed by atoms with Crippen LogP contribution in [0.15, 0.2) is 30.9 Å². The number of anilines is 1. The van der Waals surface area contributed by atoms with Gasteiger partial charge in [-0.15, -0.1) is 0 Å². The van der Waals surface area contributed by atoms with E-state index in [0.29, 0.717) is 29.0 Å². The first-order valence-corrected chi connectivity index (χ1v) is 10.3. The number of hydrogen-bond donors (Lipinski definition) is 3. The molecule has 0 saturated carbocycles. The quantitative estimate of drug-likeness (QED) is 0.250. The van der Waals surface area contributed by atoms with Gasteiger partial charge in [-0.2, -0.15) is 0 Å². The molecular weight excluding hydrogens is 507 g/mol. The van der Waals surface area contributed by atoms with Gasteiger partial charge in [-0.25, -0.2) is 15.0 Å². The fourth-order valence-corrected chi connectivity index (χ4v) is 4.02. The number of rotatable bonds is 6. The van der Waals surface area contributed by atoms with Crippen molar-refractivity contribution in [3.8, 4) is 0 Å². The van der Waals surface area contributed by atoms with Crippen molar-refractivity contribution in [3.63, 3.8) is 0 Å². The van der Waals surface area contributed by atoms with Crippen LogP contribution < -0.4 is 5.32 Å². The maximum Gasteiger partial charge on any atom is 0.275 e. The van der Waals surface area contributed by atoms with Crippen molar-refractivity contribution in [2.24, 2.45) is 0 Å². The average molecular weight is 526 g/mol. The fourth-order valence-electron chi connectivity index (χ4n) is 3.54. The molecule has 1 aliphatic rings. The van der Waals surface area contributed by atoms with E-state index in [1.54, 1.807) is 17.0 Å². The molecule has 0 radical (unpaired) electrons. The molecule has 1 fully saturated rings. The molecule has 0 amide bonds. The molecule has 1 aliphatic heterocycles. The van der Waals surface area contributed by atoms with Gasteiger partial charge < -0.3 is 20.3 Å². The van der Waals surface area contributed by atoms with Crippen LogP contribution in [-0.2, 0) is 4.74 Å². The van der Waals surface area contributed by atoms with Crippen LogP contribution in [0.25, 0.3) is 11.2 Å². The van der Waals surface area contributed by atoms with Crippen LogP contribution in [0.3, 0.4) is 0 Å². The number of aliphatic hydroxyl groups is 2. The first kappa shape index (κ1) is 20.8. The SMILES string of the molecule is CC(Nc1ncnc2c1ncn2[C@H]1CC(O)[C@@H](CO)O1)c1ccc(I)cc1[N+](=O)[O-]. The van der Waals surface area contributed by atoms with Crippen molar-refractivity contribution >= 4 is 45.3 Å². The molecule has 4 atom stereocenters. The number of ether oxygens (including phenoxy) is 1. The fraction of sp³-hybridized carbons (Fsp3) is 0.389. The molecule has 30 heavy (non-hydrogen) atoms. The highest BCUT2D eigenvalue weighted by Gasteiger charge is 2.35. The Morgan fingerprint density at radius 1 is 1.43 bits per heavy atom. The summed E-state index contributed by atoms with van der Waals surface area (Å²) < 4.78 is 8.14. The summed E-state index contributed by atoms with van der Waals surface area (Å²) in [5.74, 6) is 0.427. The summed E-state index contributed by atoms with van der Waals surface area (Å²) in [6, 6.07) is 4.65. The van der Waals surface area contributed by atoms with Gasteiger partial charge in [0.1, 0.15) is 18.7 Å². The average Bonchev–Trinajstić information content (AvgIpc) is 3.31. The lowest BCUT2D eigenvalue weighted by molar-refractivity contribution is -0.385. The minimum atomic E-state index is -0.779. The Hall–Kier alpha value is -2.42. The van der Waals surface area contributed by atoms with Crippen LogP contribution in [0.5, 0.6) is 0 Å². The number of halogens is 1. The zero-order chi connectivity index (χ0) is 21.4. The number of imidazole rings is 1. The molecule has 0 bridgehead atoms. The van der Waals surface area contributed by atoms with Crippen LogP contribution in [0.1, 0.15) is 31.2 Å². The van der Waals surface area contributed by atoms with E-state index in [9.17, 15) is 20.3 Å². The van der Waals surface area contributed by atoms with Crippen LogP contribution in [0.4, 0.5) is 11.5 Å². The van der Waals surface area contributed by atoms with Crippen molar-refractivity contribution in [2.75, 3.05) is 11.9 Å². The number of nitrogens with zero attached hydrogens (tertiary/aromatic N) is 5.